The first-order valence-electron chi connectivity index (χ1n) is 16.7. The predicted octanol–water partition coefficient (Wildman–Crippen LogP) is 4.96. The lowest BCUT2D eigenvalue weighted by molar-refractivity contribution is -0.141. The molecule has 3 fully saturated rings. The molecular formula is C35H52N4O4. The minimum atomic E-state index is -1.14. The Balaban J connectivity index is 1.41. The van der Waals surface area contributed by atoms with Crippen molar-refractivity contribution in [2.75, 3.05) is 31.5 Å². The van der Waals surface area contributed by atoms with Gasteiger partial charge >= 0.3 is 0 Å². The van der Waals surface area contributed by atoms with Crippen molar-refractivity contribution in [1.29, 1.82) is 0 Å². The van der Waals surface area contributed by atoms with Crippen LogP contribution in [0.15, 0.2) is 36.4 Å². The van der Waals surface area contributed by atoms with Gasteiger partial charge in [0.25, 0.3) is 0 Å². The number of nitrogens with zero attached hydrogens (tertiary/aromatic N) is 2. The molecule has 43 heavy (non-hydrogen) atoms. The van der Waals surface area contributed by atoms with E-state index in [0.717, 1.165) is 38.8 Å². The Morgan fingerprint density at radius 1 is 1.05 bits per heavy atom. The summed E-state index contributed by atoms with van der Waals surface area (Å²) < 4.78 is 6.57. The molecule has 8 atom stereocenters. The highest BCUT2D eigenvalue weighted by Gasteiger charge is 2.72. The van der Waals surface area contributed by atoms with E-state index < -0.39 is 29.6 Å². The largest absolute Gasteiger partial charge is 0.359 e. The molecule has 8 unspecified atom stereocenters. The van der Waals surface area contributed by atoms with Gasteiger partial charge in [-0.05, 0) is 67.8 Å². The summed E-state index contributed by atoms with van der Waals surface area (Å²) in [5, 5.41) is 6.41. The smallest absolute Gasteiger partial charge is 0.246 e. The molecule has 1 aromatic carbocycles. The van der Waals surface area contributed by atoms with Crippen LogP contribution in [0.3, 0.4) is 0 Å². The SMILES string of the molecule is CCCN(CCC)CCN1C(=O)C2C(C(=O)Nc3ccc(C(C)C)cc3)C3C=CC2(O3)C1C(=O)NC1CCCC(C)C1C. The summed E-state index contributed by atoms with van der Waals surface area (Å²) in [4.78, 5) is 46.5. The van der Waals surface area contributed by atoms with Gasteiger partial charge in [-0.25, -0.2) is 0 Å². The van der Waals surface area contributed by atoms with Gasteiger partial charge in [-0.1, -0.05) is 78.7 Å². The number of amides is 3. The van der Waals surface area contributed by atoms with Gasteiger partial charge in [0.05, 0.1) is 17.9 Å². The van der Waals surface area contributed by atoms with Crippen molar-refractivity contribution in [3.63, 3.8) is 0 Å². The molecule has 1 aromatic rings. The number of rotatable bonds is 12. The van der Waals surface area contributed by atoms with E-state index >= 15 is 0 Å². The second-order valence-corrected chi connectivity index (χ2v) is 13.7. The zero-order chi connectivity index (χ0) is 30.9. The van der Waals surface area contributed by atoms with Crippen LogP contribution >= 0.6 is 0 Å². The maximum absolute atomic E-state index is 14.3. The van der Waals surface area contributed by atoms with Crippen molar-refractivity contribution in [3.05, 3.63) is 42.0 Å². The second kappa shape index (κ2) is 13.1. The summed E-state index contributed by atoms with van der Waals surface area (Å²) >= 11 is 0. The minimum absolute atomic E-state index is 0.0656. The number of carbonyl (C=O) groups is 3. The molecule has 4 aliphatic rings. The van der Waals surface area contributed by atoms with Crippen LogP contribution in [0.25, 0.3) is 0 Å². The maximum atomic E-state index is 14.3. The molecule has 2 saturated heterocycles. The number of likely N-dealkylation sites (tertiary alicyclic amines) is 1. The van der Waals surface area contributed by atoms with Gasteiger partial charge in [0.2, 0.25) is 17.7 Å². The predicted molar refractivity (Wildman–Crippen MR) is 170 cm³/mol. The standard InChI is InChI=1S/C35H52N4O4/c1-7-18-38(19-8-2)20-21-39-31(33(41)37-27-11-9-10-23(5)24(27)6)35-17-16-28(43-35)29(30(35)34(39)42)32(40)36-26-14-12-25(13-15-26)22(3)4/h12-17,22-24,27-31H,7-11,18-21H2,1-6H3,(H,36,40)(H,37,41). The van der Waals surface area contributed by atoms with Crippen LogP contribution in [-0.4, -0.2) is 77.5 Å². The molecule has 0 aromatic heterocycles. The Hall–Kier alpha value is -2.71. The number of hydrogen-bond donors (Lipinski definition) is 2. The van der Waals surface area contributed by atoms with Crippen molar-refractivity contribution in [1.82, 2.24) is 15.1 Å². The number of ether oxygens (including phenoxy) is 1. The lowest BCUT2D eigenvalue weighted by Gasteiger charge is -2.38. The Morgan fingerprint density at radius 3 is 2.40 bits per heavy atom. The summed E-state index contributed by atoms with van der Waals surface area (Å²) in [5.74, 6) is -0.691. The van der Waals surface area contributed by atoms with E-state index in [-0.39, 0.29) is 23.8 Å². The van der Waals surface area contributed by atoms with Crippen molar-refractivity contribution >= 4 is 23.4 Å². The number of nitrogens with one attached hydrogen (secondary N) is 2. The van der Waals surface area contributed by atoms with Crippen molar-refractivity contribution in [2.45, 2.75) is 103 Å². The summed E-state index contributed by atoms with van der Waals surface area (Å²) in [7, 11) is 0. The maximum Gasteiger partial charge on any atom is 0.246 e. The van der Waals surface area contributed by atoms with Crippen LogP contribution < -0.4 is 10.6 Å². The van der Waals surface area contributed by atoms with Crippen molar-refractivity contribution in [2.24, 2.45) is 23.7 Å². The van der Waals surface area contributed by atoms with Gasteiger partial charge in [0.1, 0.15) is 11.6 Å². The number of fused-ring (bicyclic) bond motifs is 1. The summed E-state index contributed by atoms with van der Waals surface area (Å²) in [5.41, 5.74) is 0.751. The lowest BCUT2D eigenvalue weighted by Crippen LogP contribution is -2.58. The first kappa shape index (κ1) is 31.7. The van der Waals surface area contributed by atoms with Crippen LogP contribution in [0.4, 0.5) is 5.69 Å². The normalized spacial score (nSPS) is 33.0. The zero-order valence-electron chi connectivity index (χ0n) is 27.0. The van der Waals surface area contributed by atoms with Crippen LogP contribution in [0.1, 0.15) is 85.1 Å². The number of anilines is 1. The Morgan fingerprint density at radius 2 is 1.74 bits per heavy atom. The van der Waals surface area contributed by atoms with Gasteiger partial charge in [-0.2, -0.15) is 0 Å². The summed E-state index contributed by atoms with van der Waals surface area (Å²) in [6.07, 6.45) is 8.51. The molecule has 236 valence electrons. The Labute approximate surface area is 258 Å². The fourth-order valence-corrected chi connectivity index (χ4v) is 7.95. The van der Waals surface area contributed by atoms with Gasteiger partial charge in [0, 0.05) is 24.8 Å². The van der Waals surface area contributed by atoms with E-state index in [0.29, 0.717) is 36.5 Å². The van der Waals surface area contributed by atoms with E-state index in [9.17, 15) is 14.4 Å². The molecule has 8 nitrogen and oxygen atoms in total. The van der Waals surface area contributed by atoms with E-state index in [4.69, 9.17) is 4.74 Å². The fourth-order valence-electron chi connectivity index (χ4n) is 7.95. The fraction of sp³-hybridized carbons (Fsp3) is 0.686. The third-order valence-corrected chi connectivity index (χ3v) is 10.5. The first-order chi connectivity index (χ1) is 20.6. The summed E-state index contributed by atoms with van der Waals surface area (Å²) in [6.45, 7) is 16.1. The summed E-state index contributed by atoms with van der Waals surface area (Å²) in [6, 6.07) is 7.13. The van der Waals surface area contributed by atoms with E-state index in [1.165, 1.54) is 12.0 Å². The van der Waals surface area contributed by atoms with E-state index in [1.807, 2.05) is 36.4 Å². The van der Waals surface area contributed by atoms with Crippen LogP contribution in [-0.2, 0) is 19.1 Å². The number of carbonyl (C=O) groups excluding carboxylic acids is 3. The second-order valence-electron chi connectivity index (χ2n) is 13.7. The number of hydrogen-bond acceptors (Lipinski definition) is 5. The molecule has 5 rings (SSSR count). The average Bonchev–Trinajstić information content (AvgIpc) is 3.62. The highest BCUT2D eigenvalue weighted by atomic mass is 16.5. The number of benzene rings is 1. The minimum Gasteiger partial charge on any atom is -0.359 e. The zero-order valence-corrected chi connectivity index (χ0v) is 27.0. The average molecular weight is 593 g/mol. The molecule has 0 radical (unpaired) electrons. The van der Waals surface area contributed by atoms with Gasteiger partial charge in [0.15, 0.2) is 0 Å². The lowest BCUT2D eigenvalue weighted by atomic mass is 9.73. The quantitative estimate of drug-likeness (QED) is 0.335. The van der Waals surface area contributed by atoms with Crippen LogP contribution in [0, 0.1) is 23.7 Å². The molecule has 1 spiro atoms. The van der Waals surface area contributed by atoms with E-state index in [1.54, 1.807) is 4.90 Å². The molecule has 2 bridgehead atoms. The topological polar surface area (TPSA) is 91.0 Å². The third-order valence-electron chi connectivity index (χ3n) is 10.5. The first-order valence-corrected chi connectivity index (χ1v) is 16.7. The van der Waals surface area contributed by atoms with Crippen LogP contribution in [0.2, 0.25) is 0 Å². The molecule has 1 saturated carbocycles. The molecule has 2 N–H and O–H groups in total. The van der Waals surface area contributed by atoms with Crippen molar-refractivity contribution in [3.8, 4) is 0 Å². The molecule has 3 heterocycles. The Kier molecular flexibility index (Phi) is 9.67. The third kappa shape index (κ3) is 6.02. The van der Waals surface area contributed by atoms with Crippen LogP contribution in [0.5, 0.6) is 0 Å². The molecule has 3 aliphatic heterocycles. The monoisotopic (exact) mass is 592 g/mol. The molecule has 1 aliphatic carbocycles. The highest BCUT2D eigenvalue weighted by molar-refractivity contribution is 6.02. The molecule has 8 heteroatoms. The van der Waals surface area contributed by atoms with Gasteiger partial charge in [-0.3, -0.25) is 14.4 Å². The molecule has 3 amide bonds. The van der Waals surface area contributed by atoms with Gasteiger partial charge in [-0.15, -0.1) is 0 Å². The Bertz CT molecular complexity index is 1190. The van der Waals surface area contributed by atoms with Crippen molar-refractivity contribution < 1.29 is 19.1 Å². The van der Waals surface area contributed by atoms with Gasteiger partial charge < -0.3 is 25.2 Å². The highest BCUT2D eigenvalue weighted by Crippen LogP contribution is 2.55. The van der Waals surface area contributed by atoms with E-state index in [2.05, 4.69) is 57.1 Å². The molecular weight excluding hydrogens is 540 g/mol.